The highest BCUT2D eigenvalue weighted by atomic mass is 16.5. The largest absolute Gasteiger partial charge is 0.445 e. The van der Waals surface area contributed by atoms with E-state index in [0.717, 1.165) is 24.8 Å². The SMILES string of the molecule is O=C(NC1C[CH]CC1)OCc1ccccc1. The fraction of sp³-hybridized carbons (Fsp3) is 0.385. The van der Waals surface area contributed by atoms with Crippen molar-refractivity contribution in [3.05, 3.63) is 42.3 Å². The van der Waals surface area contributed by atoms with Crippen molar-refractivity contribution in [1.29, 1.82) is 0 Å². The molecule has 1 aliphatic rings. The first-order valence-electron chi connectivity index (χ1n) is 5.63. The average Bonchev–Trinajstić information content (AvgIpc) is 2.81. The Labute approximate surface area is 95.8 Å². The molecule has 0 bridgehead atoms. The molecular formula is C13H16NO2. The Hall–Kier alpha value is -1.51. The van der Waals surface area contributed by atoms with Crippen LogP contribution in [0.1, 0.15) is 24.8 Å². The zero-order valence-corrected chi connectivity index (χ0v) is 9.19. The molecule has 16 heavy (non-hydrogen) atoms. The van der Waals surface area contributed by atoms with Crippen molar-refractivity contribution in [2.24, 2.45) is 0 Å². The lowest BCUT2D eigenvalue weighted by Crippen LogP contribution is -2.32. The van der Waals surface area contributed by atoms with E-state index in [0.29, 0.717) is 6.61 Å². The number of ether oxygens (including phenoxy) is 1. The van der Waals surface area contributed by atoms with Gasteiger partial charge in [-0.05, 0) is 31.2 Å². The van der Waals surface area contributed by atoms with Crippen molar-refractivity contribution >= 4 is 6.09 Å². The van der Waals surface area contributed by atoms with Crippen molar-refractivity contribution < 1.29 is 9.53 Å². The maximum atomic E-state index is 11.4. The van der Waals surface area contributed by atoms with Gasteiger partial charge in [-0.2, -0.15) is 0 Å². The molecule has 0 spiro atoms. The molecule has 1 aliphatic carbocycles. The third-order valence-corrected chi connectivity index (χ3v) is 2.71. The number of carbonyl (C=O) groups is 1. The predicted molar refractivity (Wildman–Crippen MR) is 61.7 cm³/mol. The van der Waals surface area contributed by atoms with E-state index in [1.54, 1.807) is 0 Å². The molecule has 1 saturated carbocycles. The Balaban J connectivity index is 1.71. The number of rotatable bonds is 3. The fourth-order valence-corrected chi connectivity index (χ4v) is 1.82. The van der Waals surface area contributed by atoms with E-state index < -0.39 is 0 Å². The minimum atomic E-state index is -0.316. The van der Waals surface area contributed by atoms with Crippen LogP contribution in [-0.2, 0) is 11.3 Å². The van der Waals surface area contributed by atoms with Gasteiger partial charge < -0.3 is 10.1 Å². The van der Waals surface area contributed by atoms with Crippen LogP contribution >= 0.6 is 0 Å². The van der Waals surface area contributed by atoms with Crippen LogP contribution in [0.25, 0.3) is 0 Å². The Bertz CT molecular complexity index is 331. The predicted octanol–water partition coefficient (Wildman–Crippen LogP) is 2.67. The summed E-state index contributed by atoms with van der Waals surface area (Å²) in [5, 5.41) is 2.86. The van der Waals surface area contributed by atoms with Crippen LogP contribution in [0, 0.1) is 6.42 Å². The van der Waals surface area contributed by atoms with E-state index in [9.17, 15) is 4.79 Å². The van der Waals surface area contributed by atoms with Crippen LogP contribution < -0.4 is 5.32 Å². The summed E-state index contributed by atoms with van der Waals surface area (Å²) in [5.41, 5.74) is 1.01. The summed E-state index contributed by atoms with van der Waals surface area (Å²) in [7, 11) is 0. The Morgan fingerprint density at radius 1 is 1.38 bits per heavy atom. The van der Waals surface area contributed by atoms with Gasteiger partial charge in [-0.1, -0.05) is 30.3 Å². The zero-order valence-electron chi connectivity index (χ0n) is 9.19. The molecule has 2 rings (SSSR count). The third kappa shape index (κ3) is 3.26. The number of nitrogens with one attached hydrogen (secondary N) is 1. The highest BCUT2D eigenvalue weighted by Crippen LogP contribution is 2.16. The number of hydrogen-bond donors (Lipinski definition) is 1. The van der Waals surface area contributed by atoms with Crippen LogP contribution in [0.4, 0.5) is 4.79 Å². The second kappa shape index (κ2) is 5.54. The minimum absolute atomic E-state index is 0.267. The number of carbonyl (C=O) groups excluding carboxylic acids is 1. The third-order valence-electron chi connectivity index (χ3n) is 2.71. The van der Waals surface area contributed by atoms with Gasteiger partial charge in [-0.15, -0.1) is 0 Å². The maximum Gasteiger partial charge on any atom is 0.407 e. The number of hydrogen-bond acceptors (Lipinski definition) is 2. The fourth-order valence-electron chi connectivity index (χ4n) is 1.82. The quantitative estimate of drug-likeness (QED) is 0.847. The van der Waals surface area contributed by atoms with E-state index in [2.05, 4.69) is 11.7 Å². The molecule has 1 N–H and O–H groups in total. The van der Waals surface area contributed by atoms with Gasteiger partial charge in [0.25, 0.3) is 0 Å². The molecule has 0 aromatic heterocycles. The van der Waals surface area contributed by atoms with Gasteiger partial charge in [0, 0.05) is 6.04 Å². The molecule has 3 heteroatoms. The van der Waals surface area contributed by atoms with Gasteiger partial charge in [0.2, 0.25) is 0 Å². The lowest BCUT2D eigenvalue weighted by atomic mass is 10.2. The molecule has 85 valence electrons. The summed E-state index contributed by atoms with van der Waals surface area (Å²) in [6.07, 6.45) is 4.95. The molecule has 0 heterocycles. The second-order valence-corrected chi connectivity index (χ2v) is 4.00. The Morgan fingerprint density at radius 3 is 2.88 bits per heavy atom. The Morgan fingerprint density at radius 2 is 2.19 bits per heavy atom. The van der Waals surface area contributed by atoms with E-state index in [1.165, 1.54) is 0 Å². The lowest BCUT2D eigenvalue weighted by Gasteiger charge is -2.11. The molecule has 3 nitrogen and oxygen atoms in total. The summed E-state index contributed by atoms with van der Waals surface area (Å²) < 4.78 is 5.13. The monoisotopic (exact) mass is 218 g/mol. The number of alkyl carbamates (subject to hydrolysis) is 1. The van der Waals surface area contributed by atoms with Crippen molar-refractivity contribution in [2.75, 3.05) is 0 Å². The van der Waals surface area contributed by atoms with E-state index >= 15 is 0 Å². The van der Waals surface area contributed by atoms with Crippen molar-refractivity contribution in [1.82, 2.24) is 5.32 Å². The Kier molecular flexibility index (Phi) is 3.81. The van der Waals surface area contributed by atoms with E-state index in [-0.39, 0.29) is 12.1 Å². The summed E-state index contributed by atoms with van der Waals surface area (Å²) >= 11 is 0. The first-order valence-corrected chi connectivity index (χ1v) is 5.63. The zero-order chi connectivity index (χ0) is 11.2. The summed E-state index contributed by atoms with van der Waals surface area (Å²) in [6.45, 7) is 0.336. The van der Waals surface area contributed by atoms with E-state index in [4.69, 9.17) is 4.74 Å². The first kappa shape index (κ1) is 11.0. The van der Waals surface area contributed by atoms with Crippen LogP contribution in [0.3, 0.4) is 0 Å². The first-order chi connectivity index (χ1) is 7.84. The normalized spacial score (nSPS) is 16.0. The molecular weight excluding hydrogens is 202 g/mol. The molecule has 1 unspecified atom stereocenters. The summed E-state index contributed by atoms with van der Waals surface area (Å²) in [4.78, 5) is 11.4. The molecule has 1 radical (unpaired) electrons. The maximum absolute atomic E-state index is 11.4. The topological polar surface area (TPSA) is 38.3 Å². The van der Waals surface area contributed by atoms with Crippen LogP contribution in [0.5, 0.6) is 0 Å². The summed E-state index contributed by atoms with van der Waals surface area (Å²) in [6, 6.07) is 9.96. The highest BCUT2D eigenvalue weighted by molar-refractivity contribution is 5.67. The molecule has 1 fully saturated rings. The van der Waals surface area contributed by atoms with E-state index in [1.807, 2.05) is 30.3 Å². The highest BCUT2D eigenvalue weighted by Gasteiger charge is 2.17. The number of benzene rings is 1. The summed E-state index contributed by atoms with van der Waals surface area (Å²) in [5.74, 6) is 0. The molecule has 1 aromatic carbocycles. The minimum Gasteiger partial charge on any atom is -0.445 e. The van der Waals surface area contributed by atoms with Crippen molar-refractivity contribution in [3.8, 4) is 0 Å². The average molecular weight is 218 g/mol. The smallest absolute Gasteiger partial charge is 0.407 e. The van der Waals surface area contributed by atoms with Crippen molar-refractivity contribution in [3.63, 3.8) is 0 Å². The molecule has 1 aromatic rings. The van der Waals surface area contributed by atoms with Gasteiger partial charge in [-0.3, -0.25) is 0 Å². The number of amides is 1. The molecule has 1 amide bonds. The second-order valence-electron chi connectivity index (χ2n) is 4.00. The standard InChI is InChI=1S/C13H16NO2/c15-13(14-12-8-4-5-9-12)16-10-11-6-2-1-3-7-11/h1-4,6-7,12H,5,8-10H2,(H,14,15). The van der Waals surface area contributed by atoms with Crippen molar-refractivity contribution in [2.45, 2.75) is 31.9 Å². The molecule has 0 aliphatic heterocycles. The molecule has 1 atom stereocenters. The van der Waals surface area contributed by atoms with Gasteiger partial charge in [0.05, 0.1) is 0 Å². The van der Waals surface area contributed by atoms with Crippen LogP contribution in [0.15, 0.2) is 30.3 Å². The van der Waals surface area contributed by atoms with Crippen LogP contribution in [-0.4, -0.2) is 12.1 Å². The van der Waals surface area contributed by atoms with Gasteiger partial charge in [-0.25, -0.2) is 4.79 Å². The van der Waals surface area contributed by atoms with Gasteiger partial charge in [0.1, 0.15) is 6.61 Å². The van der Waals surface area contributed by atoms with Crippen LogP contribution in [0.2, 0.25) is 0 Å². The van der Waals surface area contributed by atoms with Gasteiger partial charge >= 0.3 is 6.09 Å². The lowest BCUT2D eigenvalue weighted by molar-refractivity contribution is 0.136. The molecule has 0 saturated heterocycles. The van der Waals surface area contributed by atoms with Gasteiger partial charge in [0.15, 0.2) is 0 Å².